The molecule has 0 heterocycles. The third kappa shape index (κ3) is 3.96. The number of thiocarbonyl (C=S) groups is 1. The van der Waals surface area contributed by atoms with Crippen LogP contribution in [0, 0.1) is 0 Å². The molecule has 0 aliphatic carbocycles. The molecule has 20 heavy (non-hydrogen) atoms. The number of benzene rings is 2. The summed E-state index contributed by atoms with van der Waals surface area (Å²) in [5.41, 5.74) is 7.50. The Labute approximate surface area is 124 Å². The van der Waals surface area contributed by atoms with Gasteiger partial charge in [-0.3, -0.25) is 0 Å². The Morgan fingerprint density at radius 2 is 1.70 bits per heavy atom. The highest BCUT2D eigenvalue weighted by Crippen LogP contribution is 2.18. The molecule has 0 aromatic heterocycles. The van der Waals surface area contributed by atoms with Crippen molar-refractivity contribution in [3.63, 3.8) is 0 Å². The second kappa shape index (κ2) is 6.91. The fraction of sp³-hybridized carbons (Fsp3) is 0.188. The first-order valence-corrected chi connectivity index (χ1v) is 6.84. The second-order valence-corrected chi connectivity index (χ2v) is 4.70. The molecular weight excluding hydrogens is 270 g/mol. The van der Waals surface area contributed by atoms with E-state index >= 15 is 0 Å². The molecule has 3 nitrogen and oxygen atoms in total. The minimum atomic E-state index is 0.396. The Hall–Kier alpha value is -2.07. The van der Waals surface area contributed by atoms with Crippen molar-refractivity contribution in [1.29, 1.82) is 0 Å². The average Bonchev–Trinajstić information content (AvgIpc) is 2.47. The van der Waals surface area contributed by atoms with Crippen molar-refractivity contribution in [2.45, 2.75) is 13.5 Å². The molecular formula is C16H17NO2S. The van der Waals surface area contributed by atoms with E-state index in [1.807, 2.05) is 55.5 Å². The van der Waals surface area contributed by atoms with E-state index in [1.165, 1.54) is 0 Å². The summed E-state index contributed by atoms with van der Waals surface area (Å²) < 4.78 is 11.1. The van der Waals surface area contributed by atoms with E-state index in [-0.39, 0.29) is 0 Å². The van der Waals surface area contributed by atoms with Crippen LogP contribution in [0.3, 0.4) is 0 Å². The van der Waals surface area contributed by atoms with Crippen LogP contribution < -0.4 is 15.2 Å². The molecule has 2 aromatic carbocycles. The van der Waals surface area contributed by atoms with Gasteiger partial charge in [-0.25, -0.2) is 0 Å². The van der Waals surface area contributed by atoms with Gasteiger partial charge >= 0.3 is 0 Å². The van der Waals surface area contributed by atoms with Crippen molar-refractivity contribution in [2.75, 3.05) is 6.61 Å². The van der Waals surface area contributed by atoms with Crippen molar-refractivity contribution in [2.24, 2.45) is 5.73 Å². The van der Waals surface area contributed by atoms with Gasteiger partial charge in [0.1, 0.15) is 23.1 Å². The maximum atomic E-state index is 5.72. The van der Waals surface area contributed by atoms with E-state index in [0.717, 1.165) is 22.6 Å². The van der Waals surface area contributed by atoms with Crippen LogP contribution in [0.5, 0.6) is 11.5 Å². The molecule has 0 unspecified atom stereocenters. The lowest BCUT2D eigenvalue weighted by Crippen LogP contribution is -2.09. The third-order valence-electron chi connectivity index (χ3n) is 2.75. The molecule has 0 aliphatic heterocycles. The first kappa shape index (κ1) is 14.3. The Morgan fingerprint density at radius 1 is 1.05 bits per heavy atom. The second-order valence-electron chi connectivity index (χ2n) is 4.26. The Kier molecular flexibility index (Phi) is 4.96. The van der Waals surface area contributed by atoms with E-state index in [0.29, 0.717) is 18.2 Å². The number of hydrogen-bond acceptors (Lipinski definition) is 3. The van der Waals surface area contributed by atoms with E-state index in [1.54, 1.807) is 0 Å². The summed E-state index contributed by atoms with van der Waals surface area (Å²) in [4.78, 5) is 0.396. The molecule has 2 rings (SSSR count). The van der Waals surface area contributed by atoms with Gasteiger partial charge in [-0.2, -0.15) is 0 Å². The molecule has 0 fully saturated rings. The van der Waals surface area contributed by atoms with Crippen LogP contribution in [-0.4, -0.2) is 11.6 Å². The fourth-order valence-corrected chi connectivity index (χ4v) is 1.91. The molecule has 0 atom stereocenters. The molecule has 2 N–H and O–H groups in total. The van der Waals surface area contributed by atoms with Gasteiger partial charge in [-0.05, 0) is 42.8 Å². The lowest BCUT2D eigenvalue weighted by molar-refractivity contribution is 0.304. The smallest absolute Gasteiger partial charge is 0.120 e. The summed E-state index contributed by atoms with van der Waals surface area (Å²) in [5.74, 6) is 1.64. The molecule has 0 spiro atoms. The number of rotatable bonds is 6. The first-order chi connectivity index (χ1) is 9.69. The molecule has 0 radical (unpaired) electrons. The van der Waals surface area contributed by atoms with Gasteiger partial charge in [0, 0.05) is 5.56 Å². The molecule has 4 heteroatoms. The van der Waals surface area contributed by atoms with Crippen molar-refractivity contribution < 1.29 is 9.47 Å². The molecule has 0 aliphatic rings. The average molecular weight is 287 g/mol. The summed E-state index contributed by atoms with van der Waals surface area (Å²) >= 11 is 4.96. The summed E-state index contributed by atoms with van der Waals surface area (Å²) in [6.07, 6.45) is 0. The van der Waals surface area contributed by atoms with E-state index in [4.69, 9.17) is 27.4 Å². The molecule has 0 saturated heterocycles. The normalized spacial score (nSPS) is 10.1. The fourth-order valence-electron chi connectivity index (χ4n) is 1.78. The molecule has 0 bridgehead atoms. The van der Waals surface area contributed by atoms with Crippen molar-refractivity contribution in [3.8, 4) is 11.5 Å². The van der Waals surface area contributed by atoms with Crippen LogP contribution in [0.25, 0.3) is 0 Å². The largest absolute Gasteiger partial charge is 0.494 e. The SMILES string of the molecule is CCOc1ccc(OCc2cccc(C(N)=S)c2)cc1. The van der Waals surface area contributed by atoms with Gasteiger partial charge in [-0.15, -0.1) is 0 Å². The minimum Gasteiger partial charge on any atom is -0.494 e. The Bertz CT molecular complexity index is 581. The van der Waals surface area contributed by atoms with Crippen LogP contribution in [0.4, 0.5) is 0 Å². The van der Waals surface area contributed by atoms with Crippen molar-refractivity contribution in [3.05, 3.63) is 59.7 Å². The monoisotopic (exact) mass is 287 g/mol. The maximum Gasteiger partial charge on any atom is 0.120 e. The van der Waals surface area contributed by atoms with E-state index in [2.05, 4.69) is 0 Å². The van der Waals surface area contributed by atoms with Crippen molar-refractivity contribution >= 4 is 17.2 Å². The summed E-state index contributed by atoms with van der Waals surface area (Å²) in [6.45, 7) is 3.09. The van der Waals surface area contributed by atoms with Gasteiger partial charge in [0.05, 0.1) is 6.61 Å². The van der Waals surface area contributed by atoms with Gasteiger partial charge in [0.25, 0.3) is 0 Å². The van der Waals surface area contributed by atoms with Gasteiger partial charge in [0.15, 0.2) is 0 Å². The maximum absolute atomic E-state index is 5.72. The van der Waals surface area contributed by atoms with Gasteiger partial charge < -0.3 is 15.2 Å². The third-order valence-corrected chi connectivity index (χ3v) is 2.99. The van der Waals surface area contributed by atoms with Crippen LogP contribution in [0.15, 0.2) is 48.5 Å². The zero-order valence-electron chi connectivity index (χ0n) is 11.3. The van der Waals surface area contributed by atoms with E-state index in [9.17, 15) is 0 Å². The lowest BCUT2D eigenvalue weighted by Gasteiger charge is -2.08. The standard InChI is InChI=1S/C16H17NO2S/c1-2-18-14-6-8-15(9-7-14)19-11-12-4-3-5-13(10-12)16(17)20/h3-10H,2,11H2,1H3,(H2,17,20). The van der Waals surface area contributed by atoms with Crippen LogP contribution in [-0.2, 0) is 6.61 Å². The quantitative estimate of drug-likeness (QED) is 0.828. The van der Waals surface area contributed by atoms with Gasteiger partial charge in [-0.1, -0.05) is 30.4 Å². The number of ether oxygens (including phenoxy) is 2. The highest BCUT2D eigenvalue weighted by molar-refractivity contribution is 7.80. The highest BCUT2D eigenvalue weighted by atomic mass is 32.1. The summed E-state index contributed by atoms with van der Waals surface area (Å²) in [7, 11) is 0. The van der Waals surface area contributed by atoms with Gasteiger partial charge in [0.2, 0.25) is 0 Å². The molecule has 104 valence electrons. The zero-order chi connectivity index (χ0) is 14.4. The number of nitrogens with two attached hydrogens (primary N) is 1. The Morgan fingerprint density at radius 3 is 2.30 bits per heavy atom. The molecule has 2 aromatic rings. The van der Waals surface area contributed by atoms with E-state index < -0.39 is 0 Å². The zero-order valence-corrected chi connectivity index (χ0v) is 12.2. The van der Waals surface area contributed by atoms with Crippen molar-refractivity contribution in [1.82, 2.24) is 0 Å². The van der Waals surface area contributed by atoms with Crippen LogP contribution in [0.2, 0.25) is 0 Å². The summed E-state index contributed by atoms with van der Waals surface area (Å²) in [6, 6.07) is 15.3. The lowest BCUT2D eigenvalue weighted by atomic mass is 10.1. The minimum absolute atomic E-state index is 0.396. The predicted molar refractivity (Wildman–Crippen MR) is 84.3 cm³/mol. The Balaban J connectivity index is 1.97. The highest BCUT2D eigenvalue weighted by Gasteiger charge is 2.00. The predicted octanol–water partition coefficient (Wildman–Crippen LogP) is 3.30. The number of hydrogen-bond donors (Lipinski definition) is 1. The molecule has 0 amide bonds. The van der Waals surface area contributed by atoms with Crippen LogP contribution in [0.1, 0.15) is 18.1 Å². The summed E-state index contributed by atoms with van der Waals surface area (Å²) in [5, 5.41) is 0. The first-order valence-electron chi connectivity index (χ1n) is 6.43. The molecule has 0 saturated carbocycles. The topological polar surface area (TPSA) is 44.5 Å². The van der Waals surface area contributed by atoms with Crippen LogP contribution >= 0.6 is 12.2 Å².